The van der Waals surface area contributed by atoms with Crippen molar-refractivity contribution < 1.29 is 9.53 Å². The van der Waals surface area contributed by atoms with Crippen molar-refractivity contribution in [1.82, 2.24) is 15.2 Å². The number of amides is 1. The summed E-state index contributed by atoms with van der Waals surface area (Å²) in [6, 6.07) is 7.13. The molecule has 0 spiro atoms. The highest BCUT2D eigenvalue weighted by Crippen LogP contribution is 2.20. The fraction of sp³-hybridized carbons (Fsp3) is 0.333. The first kappa shape index (κ1) is 17.0. The third-order valence-corrected chi connectivity index (χ3v) is 3.90. The molecule has 0 saturated heterocycles. The molecule has 1 atom stereocenters. The van der Waals surface area contributed by atoms with Gasteiger partial charge in [0, 0.05) is 5.69 Å². The van der Waals surface area contributed by atoms with E-state index in [0.29, 0.717) is 23.1 Å². The van der Waals surface area contributed by atoms with E-state index in [1.54, 1.807) is 38.1 Å². The van der Waals surface area contributed by atoms with E-state index >= 15 is 0 Å². The summed E-state index contributed by atoms with van der Waals surface area (Å²) in [5, 5.41) is 10.3. The lowest BCUT2D eigenvalue weighted by Crippen LogP contribution is -2.23. The van der Waals surface area contributed by atoms with Gasteiger partial charge in [-0.05, 0) is 45.0 Å². The minimum absolute atomic E-state index is 0.192. The van der Waals surface area contributed by atoms with Crippen LogP contribution in [-0.2, 0) is 4.79 Å². The Bertz CT molecular complexity index is 730. The van der Waals surface area contributed by atoms with Crippen LogP contribution in [0.3, 0.4) is 0 Å². The van der Waals surface area contributed by atoms with E-state index < -0.39 is 5.25 Å². The molecule has 0 bridgehead atoms. The lowest BCUT2D eigenvalue weighted by atomic mass is 10.3. The zero-order chi connectivity index (χ0) is 16.8. The number of hydrogen-bond acceptors (Lipinski definition) is 6. The molecule has 0 saturated carbocycles. The number of aromatic amines is 1. The number of nitrogens with zero attached hydrogens (tertiary/aromatic N) is 2. The van der Waals surface area contributed by atoms with E-state index in [1.807, 2.05) is 6.92 Å². The van der Waals surface area contributed by atoms with Crippen LogP contribution in [0.1, 0.15) is 19.5 Å². The van der Waals surface area contributed by atoms with Gasteiger partial charge in [-0.2, -0.15) is 0 Å². The molecule has 1 amide bonds. The molecule has 122 valence electrons. The first-order valence-corrected chi connectivity index (χ1v) is 8.01. The molecule has 0 fully saturated rings. The van der Waals surface area contributed by atoms with E-state index in [1.165, 1.54) is 0 Å². The normalized spacial score (nSPS) is 11.8. The molecule has 8 heteroatoms. The van der Waals surface area contributed by atoms with E-state index in [4.69, 9.17) is 4.74 Å². The molecule has 7 nitrogen and oxygen atoms in total. The maximum atomic E-state index is 12.2. The molecule has 23 heavy (non-hydrogen) atoms. The number of ether oxygens (including phenoxy) is 1. The molecular weight excluding hydrogens is 316 g/mol. The Labute approximate surface area is 137 Å². The Balaban J connectivity index is 1.96. The minimum Gasteiger partial charge on any atom is -0.494 e. The fourth-order valence-corrected chi connectivity index (χ4v) is 2.44. The molecule has 0 unspecified atom stereocenters. The van der Waals surface area contributed by atoms with Gasteiger partial charge in [-0.3, -0.25) is 14.6 Å². The maximum Gasteiger partial charge on any atom is 0.273 e. The van der Waals surface area contributed by atoms with Crippen LogP contribution in [0.2, 0.25) is 0 Å². The highest BCUT2D eigenvalue weighted by molar-refractivity contribution is 8.00. The van der Waals surface area contributed by atoms with E-state index in [2.05, 4.69) is 20.5 Å². The van der Waals surface area contributed by atoms with Gasteiger partial charge in [0.25, 0.3) is 5.56 Å². The third-order valence-electron chi connectivity index (χ3n) is 2.93. The van der Waals surface area contributed by atoms with Crippen LogP contribution in [-0.4, -0.2) is 32.9 Å². The highest BCUT2D eigenvalue weighted by atomic mass is 32.2. The van der Waals surface area contributed by atoms with Gasteiger partial charge >= 0.3 is 0 Å². The fourth-order valence-electron chi connectivity index (χ4n) is 1.70. The number of thioether (sulfide) groups is 1. The number of aryl methyl sites for hydroxylation is 1. The number of anilines is 1. The van der Waals surface area contributed by atoms with Crippen LogP contribution in [0.25, 0.3) is 0 Å². The molecule has 2 aromatic rings. The average Bonchev–Trinajstić information content (AvgIpc) is 2.53. The van der Waals surface area contributed by atoms with Crippen LogP contribution >= 0.6 is 11.8 Å². The Morgan fingerprint density at radius 1 is 1.35 bits per heavy atom. The molecule has 0 aliphatic heterocycles. The second-order valence-electron chi connectivity index (χ2n) is 4.75. The van der Waals surface area contributed by atoms with E-state index in [9.17, 15) is 9.59 Å². The second kappa shape index (κ2) is 7.77. The molecule has 1 aromatic carbocycles. The van der Waals surface area contributed by atoms with Gasteiger partial charge in [-0.15, -0.1) is 10.2 Å². The number of carbonyl (C=O) groups is 1. The standard InChI is InChI=1S/C15H18N4O3S/c1-4-22-12-7-5-11(6-8-12)16-14(21)10(3)23-15-17-13(20)9(2)18-19-15/h5-8,10H,4H2,1-3H3,(H,16,21)(H,17,19,20)/t10-/m0/s1. The quantitative estimate of drug-likeness (QED) is 0.784. The minimum atomic E-state index is -0.436. The van der Waals surface area contributed by atoms with Crippen LogP contribution in [0.4, 0.5) is 5.69 Å². The monoisotopic (exact) mass is 334 g/mol. The summed E-state index contributed by atoms with van der Waals surface area (Å²) in [6.45, 7) is 5.80. The summed E-state index contributed by atoms with van der Waals surface area (Å²) in [7, 11) is 0. The number of aromatic nitrogens is 3. The van der Waals surface area contributed by atoms with Crippen LogP contribution in [0.5, 0.6) is 5.75 Å². The predicted molar refractivity (Wildman–Crippen MR) is 88.9 cm³/mol. The Hall–Kier alpha value is -2.35. The van der Waals surface area contributed by atoms with Gasteiger partial charge < -0.3 is 10.1 Å². The van der Waals surface area contributed by atoms with Crippen molar-refractivity contribution in [3.63, 3.8) is 0 Å². The summed E-state index contributed by atoms with van der Waals surface area (Å²) in [5.41, 5.74) is 0.664. The van der Waals surface area contributed by atoms with Crippen LogP contribution < -0.4 is 15.6 Å². The molecular formula is C15H18N4O3S. The van der Waals surface area contributed by atoms with Gasteiger partial charge in [0.05, 0.1) is 11.9 Å². The average molecular weight is 334 g/mol. The molecule has 0 radical (unpaired) electrons. The molecule has 1 heterocycles. The smallest absolute Gasteiger partial charge is 0.273 e. The lowest BCUT2D eigenvalue weighted by Gasteiger charge is -2.11. The first-order chi connectivity index (χ1) is 11.0. The number of H-pyrrole nitrogens is 1. The number of benzene rings is 1. The topological polar surface area (TPSA) is 97.0 Å². The summed E-state index contributed by atoms with van der Waals surface area (Å²) in [4.78, 5) is 26.2. The molecule has 2 N–H and O–H groups in total. The van der Waals surface area contributed by atoms with Crippen molar-refractivity contribution >= 4 is 23.4 Å². The van der Waals surface area contributed by atoms with Gasteiger partial charge in [-0.25, -0.2) is 0 Å². The molecule has 1 aromatic heterocycles. The Kier molecular flexibility index (Phi) is 5.75. The third kappa shape index (κ3) is 4.82. The first-order valence-electron chi connectivity index (χ1n) is 7.13. The van der Waals surface area contributed by atoms with Crippen molar-refractivity contribution in [3.8, 4) is 5.75 Å². The zero-order valence-corrected chi connectivity index (χ0v) is 13.9. The van der Waals surface area contributed by atoms with Gasteiger partial charge in [0.1, 0.15) is 11.4 Å². The largest absolute Gasteiger partial charge is 0.494 e. The number of hydrogen-bond donors (Lipinski definition) is 2. The number of nitrogens with one attached hydrogen (secondary N) is 2. The zero-order valence-electron chi connectivity index (χ0n) is 13.1. The molecule has 0 aliphatic carbocycles. The number of carbonyl (C=O) groups excluding carboxylic acids is 1. The van der Waals surface area contributed by atoms with Crippen molar-refractivity contribution in [1.29, 1.82) is 0 Å². The lowest BCUT2D eigenvalue weighted by molar-refractivity contribution is -0.115. The summed E-state index contributed by atoms with van der Waals surface area (Å²) >= 11 is 1.14. The van der Waals surface area contributed by atoms with Gasteiger partial charge in [0.2, 0.25) is 5.91 Å². The summed E-state index contributed by atoms with van der Waals surface area (Å²) in [6.07, 6.45) is 0. The highest BCUT2D eigenvalue weighted by Gasteiger charge is 2.16. The van der Waals surface area contributed by atoms with Crippen LogP contribution in [0.15, 0.2) is 34.2 Å². The number of rotatable bonds is 6. The second-order valence-corrected chi connectivity index (χ2v) is 6.08. The van der Waals surface area contributed by atoms with Crippen molar-refractivity contribution in [2.75, 3.05) is 11.9 Å². The maximum absolute atomic E-state index is 12.2. The van der Waals surface area contributed by atoms with Crippen molar-refractivity contribution in [2.24, 2.45) is 0 Å². The van der Waals surface area contributed by atoms with Crippen LogP contribution in [0, 0.1) is 6.92 Å². The van der Waals surface area contributed by atoms with E-state index in [0.717, 1.165) is 17.5 Å². The van der Waals surface area contributed by atoms with E-state index in [-0.39, 0.29) is 11.5 Å². The van der Waals surface area contributed by atoms with Gasteiger partial charge in [-0.1, -0.05) is 11.8 Å². The van der Waals surface area contributed by atoms with Crippen molar-refractivity contribution in [3.05, 3.63) is 40.3 Å². The Morgan fingerprint density at radius 3 is 2.65 bits per heavy atom. The molecule has 2 rings (SSSR count). The summed E-state index contributed by atoms with van der Waals surface area (Å²) in [5.74, 6) is 0.558. The summed E-state index contributed by atoms with van der Waals surface area (Å²) < 4.78 is 5.35. The SMILES string of the molecule is CCOc1ccc(NC(=O)[C@H](C)Sc2nnc(C)c(=O)[nH]2)cc1. The predicted octanol–water partition coefficient (Wildman–Crippen LogP) is 1.99. The molecule has 0 aliphatic rings. The Morgan fingerprint density at radius 2 is 2.04 bits per heavy atom. The van der Waals surface area contributed by atoms with Crippen molar-refractivity contribution in [2.45, 2.75) is 31.2 Å². The van der Waals surface area contributed by atoms with Gasteiger partial charge in [0.15, 0.2) is 5.16 Å².